The minimum absolute atomic E-state index is 0.0222. The van der Waals surface area contributed by atoms with E-state index in [9.17, 15) is 4.79 Å². The summed E-state index contributed by atoms with van der Waals surface area (Å²) in [5.41, 5.74) is 0.661. The van der Waals surface area contributed by atoms with Gasteiger partial charge in [-0.1, -0.05) is 0 Å². The summed E-state index contributed by atoms with van der Waals surface area (Å²) in [6, 6.07) is 5.38. The van der Waals surface area contributed by atoms with Gasteiger partial charge in [-0.15, -0.1) is 0 Å². The van der Waals surface area contributed by atoms with Crippen molar-refractivity contribution in [2.75, 3.05) is 31.1 Å². The molecule has 2 saturated heterocycles. The van der Waals surface area contributed by atoms with Gasteiger partial charge in [0.05, 0.1) is 6.54 Å². The summed E-state index contributed by atoms with van der Waals surface area (Å²) in [5, 5.41) is 0. The minimum atomic E-state index is -0.0351. The van der Waals surface area contributed by atoms with Crippen molar-refractivity contribution < 1.29 is 9.53 Å². The number of carbonyl (C=O) groups is 1. The van der Waals surface area contributed by atoms with E-state index in [-0.39, 0.29) is 12.0 Å². The van der Waals surface area contributed by atoms with Crippen LogP contribution in [0, 0.1) is 0 Å². The first-order valence-electron chi connectivity index (χ1n) is 8.72. The molecule has 25 heavy (non-hydrogen) atoms. The van der Waals surface area contributed by atoms with Crippen molar-refractivity contribution in [1.29, 1.82) is 0 Å². The molecule has 0 spiro atoms. The zero-order valence-electron chi connectivity index (χ0n) is 14.0. The van der Waals surface area contributed by atoms with Gasteiger partial charge in [-0.2, -0.15) is 0 Å². The highest BCUT2D eigenvalue weighted by Crippen LogP contribution is 2.23. The first-order valence-corrected chi connectivity index (χ1v) is 8.72. The quantitative estimate of drug-likeness (QED) is 0.845. The van der Waals surface area contributed by atoms with E-state index in [2.05, 4.69) is 19.9 Å². The van der Waals surface area contributed by atoms with Gasteiger partial charge < -0.3 is 14.5 Å². The third kappa shape index (κ3) is 3.55. The Morgan fingerprint density at radius 3 is 2.72 bits per heavy atom. The molecule has 2 aromatic heterocycles. The van der Waals surface area contributed by atoms with Gasteiger partial charge in [-0.05, 0) is 25.0 Å². The van der Waals surface area contributed by atoms with Crippen molar-refractivity contribution in [3.63, 3.8) is 0 Å². The molecule has 4 heterocycles. The van der Waals surface area contributed by atoms with E-state index in [0.29, 0.717) is 24.5 Å². The molecule has 0 aliphatic carbocycles. The normalized spacial score (nSPS) is 20.1. The monoisotopic (exact) mass is 339 g/mol. The van der Waals surface area contributed by atoms with Crippen molar-refractivity contribution >= 4 is 11.7 Å². The van der Waals surface area contributed by atoms with E-state index in [4.69, 9.17) is 4.74 Å². The van der Waals surface area contributed by atoms with Gasteiger partial charge in [0.25, 0.3) is 5.91 Å². The standard InChI is InChI=1S/C18H21N5O2/c24-18(14-3-6-19-7-4-14)23-10-5-15(12-23)25-17-11-16(20-13-21-17)22-8-1-2-9-22/h3-4,6-7,11,13,15H,1-2,5,8-10,12H2. The summed E-state index contributed by atoms with van der Waals surface area (Å²) in [4.78, 5) is 29.1. The molecule has 2 aliphatic heterocycles. The van der Waals surface area contributed by atoms with Crippen LogP contribution in [0.5, 0.6) is 5.88 Å². The van der Waals surface area contributed by atoms with Gasteiger partial charge in [0, 0.05) is 50.1 Å². The molecule has 2 fully saturated rings. The van der Waals surface area contributed by atoms with Crippen molar-refractivity contribution in [3.05, 3.63) is 42.5 Å². The van der Waals surface area contributed by atoms with Crippen LogP contribution in [0.1, 0.15) is 29.6 Å². The van der Waals surface area contributed by atoms with Crippen LogP contribution in [0.2, 0.25) is 0 Å². The number of likely N-dealkylation sites (tertiary alicyclic amines) is 1. The molecule has 130 valence electrons. The molecular formula is C18H21N5O2. The largest absolute Gasteiger partial charge is 0.472 e. The first-order chi connectivity index (χ1) is 12.3. The maximum Gasteiger partial charge on any atom is 0.254 e. The van der Waals surface area contributed by atoms with Gasteiger partial charge in [-0.25, -0.2) is 9.97 Å². The van der Waals surface area contributed by atoms with Crippen LogP contribution in [0.4, 0.5) is 5.82 Å². The average molecular weight is 339 g/mol. The summed E-state index contributed by atoms with van der Waals surface area (Å²) in [7, 11) is 0. The fourth-order valence-corrected chi connectivity index (χ4v) is 3.37. The molecule has 1 amide bonds. The highest BCUT2D eigenvalue weighted by Gasteiger charge is 2.28. The zero-order chi connectivity index (χ0) is 17.1. The van der Waals surface area contributed by atoms with Crippen LogP contribution < -0.4 is 9.64 Å². The van der Waals surface area contributed by atoms with Crippen molar-refractivity contribution in [3.8, 4) is 5.88 Å². The average Bonchev–Trinajstić information content (AvgIpc) is 3.34. The molecule has 1 atom stereocenters. The fourth-order valence-electron chi connectivity index (χ4n) is 3.37. The maximum atomic E-state index is 12.5. The lowest BCUT2D eigenvalue weighted by Gasteiger charge is -2.19. The van der Waals surface area contributed by atoms with E-state index in [1.807, 2.05) is 11.0 Å². The molecule has 1 unspecified atom stereocenters. The summed E-state index contributed by atoms with van der Waals surface area (Å²) in [6.45, 7) is 3.34. The van der Waals surface area contributed by atoms with Crippen molar-refractivity contribution in [1.82, 2.24) is 19.9 Å². The molecule has 4 rings (SSSR count). The Bertz CT molecular complexity index is 733. The second-order valence-electron chi connectivity index (χ2n) is 6.42. The zero-order valence-corrected chi connectivity index (χ0v) is 14.0. The summed E-state index contributed by atoms with van der Waals surface area (Å²) in [5.74, 6) is 1.53. The van der Waals surface area contributed by atoms with E-state index in [1.165, 1.54) is 12.8 Å². The van der Waals surface area contributed by atoms with Gasteiger partial charge >= 0.3 is 0 Å². The van der Waals surface area contributed by atoms with Crippen LogP contribution in [0.15, 0.2) is 36.9 Å². The van der Waals surface area contributed by atoms with Crippen molar-refractivity contribution in [2.24, 2.45) is 0 Å². The van der Waals surface area contributed by atoms with Gasteiger partial charge in [0.2, 0.25) is 5.88 Å². The molecule has 0 bridgehead atoms. The van der Waals surface area contributed by atoms with Crippen LogP contribution in [-0.2, 0) is 0 Å². The van der Waals surface area contributed by atoms with Crippen LogP contribution in [-0.4, -0.2) is 58.0 Å². The SMILES string of the molecule is O=C(c1ccncc1)N1CCC(Oc2cc(N3CCCC3)ncn2)C1. The topological polar surface area (TPSA) is 71.5 Å². The smallest absolute Gasteiger partial charge is 0.254 e. The molecule has 0 radical (unpaired) electrons. The fraction of sp³-hybridized carbons (Fsp3) is 0.444. The first kappa shape index (κ1) is 15.8. The van der Waals surface area contributed by atoms with E-state index in [1.54, 1.807) is 30.9 Å². The van der Waals surface area contributed by atoms with Gasteiger partial charge in [0.1, 0.15) is 18.2 Å². The van der Waals surface area contributed by atoms with Crippen LogP contribution in [0.3, 0.4) is 0 Å². The highest BCUT2D eigenvalue weighted by atomic mass is 16.5. The van der Waals surface area contributed by atoms with Crippen molar-refractivity contribution in [2.45, 2.75) is 25.4 Å². The molecule has 0 N–H and O–H groups in total. The Morgan fingerprint density at radius 1 is 1.12 bits per heavy atom. The molecular weight excluding hydrogens is 318 g/mol. The second-order valence-corrected chi connectivity index (χ2v) is 6.42. The number of amides is 1. The third-order valence-corrected chi connectivity index (χ3v) is 4.70. The number of hydrogen-bond acceptors (Lipinski definition) is 6. The number of anilines is 1. The Kier molecular flexibility index (Phi) is 4.45. The lowest BCUT2D eigenvalue weighted by molar-refractivity contribution is 0.0771. The highest BCUT2D eigenvalue weighted by molar-refractivity contribution is 5.94. The molecule has 7 nitrogen and oxygen atoms in total. The Hall–Kier alpha value is -2.70. The van der Waals surface area contributed by atoms with E-state index >= 15 is 0 Å². The van der Waals surface area contributed by atoms with Crippen LogP contribution >= 0.6 is 0 Å². The van der Waals surface area contributed by atoms with E-state index < -0.39 is 0 Å². The predicted octanol–water partition coefficient (Wildman–Crippen LogP) is 1.77. The number of hydrogen-bond donors (Lipinski definition) is 0. The Morgan fingerprint density at radius 2 is 1.92 bits per heavy atom. The van der Waals surface area contributed by atoms with Gasteiger partial charge in [0.15, 0.2) is 0 Å². The second kappa shape index (κ2) is 7.04. The van der Waals surface area contributed by atoms with Gasteiger partial charge in [-0.3, -0.25) is 9.78 Å². The number of pyridine rings is 1. The Balaban J connectivity index is 1.38. The van der Waals surface area contributed by atoms with E-state index in [0.717, 1.165) is 25.3 Å². The lowest BCUT2D eigenvalue weighted by Crippen LogP contribution is -2.31. The molecule has 0 aromatic carbocycles. The number of rotatable bonds is 4. The summed E-state index contributed by atoms with van der Waals surface area (Å²) in [6.07, 6.45) is 8.00. The number of carbonyl (C=O) groups excluding carboxylic acids is 1. The lowest BCUT2D eigenvalue weighted by atomic mass is 10.2. The number of ether oxygens (including phenoxy) is 1. The van der Waals surface area contributed by atoms with Crippen LogP contribution in [0.25, 0.3) is 0 Å². The Labute approximate surface area is 146 Å². The summed E-state index contributed by atoms with van der Waals surface area (Å²) < 4.78 is 6.01. The molecule has 2 aliphatic rings. The maximum absolute atomic E-state index is 12.5. The molecule has 0 saturated carbocycles. The number of nitrogens with zero attached hydrogens (tertiary/aromatic N) is 5. The third-order valence-electron chi connectivity index (χ3n) is 4.70. The molecule has 7 heteroatoms. The number of aromatic nitrogens is 3. The minimum Gasteiger partial charge on any atom is -0.472 e. The molecule has 2 aromatic rings. The summed E-state index contributed by atoms with van der Waals surface area (Å²) >= 11 is 0. The predicted molar refractivity (Wildman–Crippen MR) is 92.7 cm³/mol.